The van der Waals surface area contributed by atoms with Gasteiger partial charge in [0, 0.05) is 23.6 Å². The predicted molar refractivity (Wildman–Crippen MR) is 159 cm³/mol. The third-order valence-corrected chi connectivity index (χ3v) is 11.5. The second-order valence-corrected chi connectivity index (χ2v) is 16.1. The van der Waals surface area contributed by atoms with E-state index in [4.69, 9.17) is 28.5 Å². The highest BCUT2D eigenvalue weighted by Gasteiger charge is 2.54. The van der Waals surface area contributed by atoms with Gasteiger partial charge in [0.15, 0.2) is 40.6 Å². The molecule has 2 saturated heterocycles. The van der Waals surface area contributed by atoms with Gasteiger partial charge >= 0.3 is 21.4 Å². The zero-order valence-corrected chi connectivity index (χ0v) is 26.9. The first kappa shape index (κ1) is 34.6. The number of aromatic nitrogens is 4. The predicted octanol–water partition coefficient (Wildman–Crippen LogP) is 4.36. The summed E-state index contributed by atoms with van der Waals surface area (Å²) in [7, 11) is -9.59. The van der Waals surface area contributed by atoms with Crippen molar-refractivity contribution >= 4 is 55.7 Å². The second-order valence-electron chi connectivity index (χ2n) is 10.1. The molecule has 2 aliphatic rings. The van der Waals surface area contributed by atoms with Crippen LogP contribution in [0.1, 0.15) is 24.5 Å². The largest absolute Gasteiger partial charge is 0.389 e. The molecular formula is C24H30F3N5O9P2S2. The first-order valence-corrected chi connectivity index (χ1v) is 19.4. The van der Waals surface area contributed by atoms with E-state index < -0.39 is 71.1 Å². The molecule has 2 unspecified atom stereocenters. The molecule has 0 spiro atoms. The molecule has 248 valence electrons. The number of hydrogen-bond donors (Lipinski definition) is 4. The van der Waals surface area contributed by atoms with Crippen LogP contribution in [0.4, 0.5) is 19.0 Å². The number of nitrogens with one attached hydrogen (secondary N) is 1. The number of alkyl halides is 3. The Labute approximate surface area is 263 Å². The fourth-order valence-corrected chi connectivity index (χ4v) is 8.42. The molecule has 45 heavy (non-hydrogen) atoms. The fourth-order valence-electron chi connectivity index (χ4n) is 4.72. The number of benzene rings is 1. The van der Waals surface area contributed by atoms with Gasteiger partial charge in [0.05, 0.1) is 19.4 Å². The summed E-state index contributed by atoms with van der Waals surface area (Å²) < 4.78 is 87.4. The van der Waals surface area contributed by atoms with Crippen LogP contribution in [0.15, 0.2) is 41.8 Å². The Morgan fingerprint density at radius 1 is 1.07 bits per heavy atom. The van der Waals surface area contributed by atoms with Gasteiger partial charge in [0.1, 0.15) is 18.3 Å². The Morgan fingerprint density at radius 2 is 1.80 bits per heavy atom. The Kier molecular flexibility index (Phi) is 10.9. The van der Waals surface area contributed by atoms with Gasteiger partial charge < -0.3 is 38.7 Å². The molecule has 14 nitrogen and oxygen atoms in total. The van der Waals surface area contributed by atoms with Crippen molar-refractivity contribution < 1.29 is 55.7 Å². The SMILES string of the molecule is CSCCNc1nc(SCCC(F)(F)F)nc2c1ncn2[C@@H]1O[C@H](COP(=O)(O)CP(=O)(O)O)[C@H]2OC(c3ccccc3)O[C@H]21. The fraction of sp³-hybridized carbons (Fsp3) is 0.542. The van der Waals surface area contributed by atoms with Crippen LogP contribution in [0, 0.1) is 0 Å². The molecule has 1 aromatic carbocycles. The average molecular weight is 716 g/mol. The maximum atomic E-state index is 12.8. The van der Waals surface area contributed by atoms with E-state index in [1.807, 2.05) is 12.3 Å². The lowest BCUT2D eigenvalue weighted by atomic mass is 10.1. The summed E-state index contributed by atoms with van der Waals surface area (Å²) in [6, 6.07) is 8.96. The highest BCUT2D eigenvalue weighted by atomic mass is 32.2. The zero-order chi connectivity index (χ0) is 32.4. The van der Waals surface area contributed by atoms with Gasteiger partial charge in [-0.2, -0.15) is 24.9 Å². The maximum Gasteiger partial charge on any atom is 0.389 e. The lowest BCUT2D eigenvalue weighted by Gasteiger charge is -2.22. The third kappa shape index (κ3) is 8.99. The second kappa shape index (κ2) is 14.2. The van der Waals surface area contributed by atoms with Gasteiger partial charge in [-0.05, 0) is 6.26 Å². The van der Waals surface area contributed by atoms with Crippen LogP contribution >= 0.6 is 38.7 Å². The summed E-state index contributed by atoms with van der Waals surface area (Å²) in [6.07, 6.45) is -6.64. The number of thioether (sulfide) groups is 2. The molecule has 0 radical (unpaired) electrons. The van der Waals surface area contributed by atoms with Crippen LogP contribution in [0.3, 0.4) is 0 Å². The third-order valence-electron chi connectivity index (χ3n) is 6.61. The molecule has 0 bridgehead atoms. The molecule has 0 amide bonds. The Hall–Kier alpha value is -1.76. The molecular weight excluding hydrogens is 685 g/mol. The molecule has 4 N–H and O–H groups in total. The van der Waals surface area contributed by atoms with E-state index in [1.54, 1.807) is 36.0 Å². The Morgan fingerprint density at radius 3 is 2.49 bits per heavy atom. The highest BCUT2D eigenvalue weighted by molar-refractivity contribution is 7.99. The summed E-state index contributed by atoms with van der Waals surface area (Å²) in [5, 5.41) is 3.24. The van der Waals surface area contributed by atoms with Crippen LogP contribution < -0.4 is 5.32 Å². The van der Waals surface area contributed by atoms with E-state index in [9.17, 15) is 27.2 Å². The van der Waals surface area contributed by atoms with Crippen molar-refractivity contribution in [3.05, 3.63) is 42.2 Å². The van der Waals surface area contributed by atoms with E-state index >= 15 is 0 Å². The normalized spacial score (nSPS) is 25.0. The molecule has 2 fully saturated rings. The minimum Gasteiger partial charge on any atom is -0.367 e. The van der Waals surface area contributed by atoms with E-state index in [-0.39, 0.29) is 16.6 Å². The van der Waals surface area contributed by atoms with Gasteiger partial charge in [-0.25, -0.2) is 15.0 Å². The zero-order valence-electron chi connectivity index (χ0n) is 23.5. The minimum absolute atomic E-state index is 0.0824. The van der Waals surface area contributed by atoms with Crippen LogP contribution in [-0.2, 0) is 27.9 Å². The van der Waals surface area contributed by atoms with Crippen molar-refractivity contribution in [2.45, 2.75) is 48.6 Å². The summed E-state index contributed by atoms with van der Waals surface area (Å²) >= 11 is 2.42. The molecule has 21 heteroatoms. The van der Waals surface area contributed by atoms with Crippen molar-refractivity contribution in [2.24, 2.45) is 0 Å². The van der Waals surface area contributed by atoms with Gasteiger partial charge in [0.2, 0.25) is 0 Å². The van der Waals surface area contributed by atoms with Crippen molar-refractivity contribution in [1.82, 2.24) is 19.5 Å². The van der Waals surface area contributed by atoms with E-state index in [0.29, 0.717) is 23.4 Å². The van der Waals surface area contributed by atoms with Gasteiger partial charge in [-0.3, -0.25) is 13.7 Å². The summed E-state index contributed by atoms with van der Waals surface area (Å²) in [6.45, 7) is -0.0691. The van der Waals surface area contributed by atoms with Crippen LogP contribution in [0.2, 0.25) is 0 Å². The number of imidazole rings is 1. The van der Waals surface area contributed by atoms with Crippen molar-refractivity contribution in [1.29, 1.82) is 0 Å². The van der Waals surface area contributed by atoms with Crippen molar-refractivity contribution in [3.8, 4) is 0 Å². The number of fused-ring (bicyclic) bond motifs is 2. The quantitative estimate of drug-likeness (QED) is 0.0797. The number of nitrogens with zero attached hydrogens (tertiary/aromatic N) is 4. The summed E-state index contributed by atoms with van der Waals surface area (Å²) in [5.41, 5.74) is 1.25. The van der Waals surface area contributed by atoms with Crippen molar-refractivity contribution in [3.63, 3.8) is 0 Å². The first-order valence-electron chi connectivity index (χ1n) is 13.4. The monoisotopic (exact) mass is 715 g/mol. The van der Waals surface area contributed by atoms with E-state index in [0.717, 1.165) is 17.5 Å². The van der Waals surface area contributed by atoms with Gasteiger partial charge in [-0.1, -0.05) is 42.1 Å². The number of anilines is 1. The Bertz CT molecular complexity index is 1570. The topological polar surface area (TPSA) is 187 Å². The van der Waals surface area contributed by atoms with Crippen molar-refractivity contribution in [2.75, 3.05) is 42.1 Å². The van der Waals surface area contributed by atoms with Crippen LogP contribution in [-0.4, -0.2) is 95.5 Å². The smallest absolute Gasteiger partial charge is 0.367 e. The Balaban J connectivity index is 1.46. The lowest BCUT2D eigenvalue weighted by molar-refractivity contribution is -0.152. The number of halogens is 3. The van der Waals surface area contributed by atoms with E-state index in [1.165, 1.54) is 10.9 Å². The standard InChI is InChI=1S/C24H30F3N5O9P2S2/c1-44-10-8-28-19-16-20(31-23(30-19)45-9-7-24(25,26)27)32(12-29-16)21-18-17(40-22(41-18)14-5-3-2-4-6-14)15(39-21)11-38-43(36,37)13-42(33,34)35/h2-6,12,15,17-18,21-22H,7-11,13H2,1H3,(H,36,37)(H,28,30,31)(H2,33,34,35)/t15-,17-,18-,21-,22?/m1/s1. The first-order chi connectivity index (χ1) is 21.2. The molecule has 6 atom stereocenters. The average Bonchev–Trinajstić information content (AvgIpc) is 3.65. The van der Waals surface area contributed by atoms with Gasteiger partial charge in [0.25, 0.3) is 0 Å². The summed E-state index contributed by atoms with van der Waals surface area (Å²) in [5.74, 6) is -0.634. The van der Waals surface area contributed by atoms with Crippen LogP contribution in [0.25, 0.3) is 11.2 Å². The number of rotatable bonds is 14. The summed E-state index contributed by atoms with van der Waals surface area (Å²) in [4.78, 5) is 41.7. The minimum atomic E-state index is -4.87. The lowest BCUT2D eigenvalue weighted by Crippen LogP contribution is -2.31. The number of hydrogen-bond acceptors (Lipinski definition) is 12. The molecule has 5 rings (SSSR count). The van der Waals surface area contributed by atoms with Gasteiger partial charge in [-0.15, -0.1) is 0 Å². The maximum absolute atomic E-state index is 12.8. The molecule has 2 aromatic heterocycles. The number of ether oxygens (including phenoxy) is 3. The highest BCUT2D eigenvalue weighted by Crippen LogP contribution is 2.56. The molecule has 3 aromatic rings. The molecule has 0 saturated carbocycles. The van der Waals surface area contributed by atoms with E-state index in [2.05, 4.69) is 20.3 Å². The molecule has 2 aliphatic heterocycles. The van der Waals surface area contributed by atoms with Crippen LogP contribution in [0.5, 0.6) is 0 Å². The molecule has 0 aliphatic carbocycles. The molecule has 4 heterocycles.